The Morgan fingerprint density at radius 3 is 2.42 bits per heavy atom. The van der Waals surface area contributed by atoms with Crippen LogP contribution in [0.1, 0.15) is 58.0 Å². The molecular formula is C29H31BrN4O4. The van der Waals surface area contributed by atoms with Gasteiger partial charge in [0.15, 0.2) is 0 Å². The maximum Gasteiger partial charge on any atom is 0.319 e. The number of carbonyl (C=O) groups is 3. The van der Waals surface area contributed by atoms with E-state index in [1.165, 1.54) is 4.68 Å². The van der Waals surface area contributed by atoms with Gasteiger partial charge in [-0.05, 0) is 93.7 Å². The van der Waals surface area contributed by atoms with Crippen molar-refractivity contribution < 1.29 is 19.5 Å². The molecule has 0 unspecified atom stereocenters. The van der Waals surface area contributed by atoms with Gasteiger partial charge >= 0.3 is 11.9 Å². The monoisotopic (exact) mass is 578 g/mol. The lowest BCUT2D eigenvalue weighted by atomic mass is 9.91. The minimum Gasteiger partial charge on any atom is -0.480 e. The second-order valence-electron chi connectivity index (χ2n) is 10.1. The minimum atomic E-state index is -0.833. The Labute approximate surface area is 229 Å². The summed E-state index contributed by atoms with van der Waals surface area (Å²) in [4.78, 5) is 39.7. The van der Waals surface area contributed by atoms with Crippen LogP contribution in [0.25, 0.3) is 17.0 Å². The highest BCUT2D eigenvalue weighted by Crippen LogP contribution is 2.33. The zero-order valence-electron chi connectivity index (χ0n) is 21.1. The number of hydrogen-bond donors (Lipinski definition) is 2. The first-order chi connectivity index (χ1) is 18.4. The maximum absolute atomic E-state index is 13.5. The van der Waals surface area contributed by atoms with E-state index in [0.29, 0.717) is 30.1 Å². The fourth-order valence-corrected chi connectivity index (χ4v) is 5.64. The molecule has 2 N–H and O–H groups in total. The number of hydrogen-bond acceptors (Lipinski definition) is 6. The average Bonchev–Trinajstić information content (AvgIpc) is 3.31. The Bertz CT molecular complexity index is 1370. The molecule has 8 nitrogen and oxygen atoms in total. The van der Waals surface area contributed by atoms with Crippen molar-refractivity contribution in [3.63, 3.8) is 0 Å². The molecule has 5 rings (SSSR count). The normalized spacial score (nSPS) is 17.8. The Morgan fingerprint density at radius 1 is 1.03 bits per heavy atom. The number of allylic oxidation sites excluding steroid dienone is 1. The van der Waals surface area contributed by atoms with Crippen LogP contribution in [0.3, 0.4) is 0 Å². The number of carbonyl (C=O) groups excluding carboxylic acids is 2. The van der Waals surface area contributed by atoms with Crippen LogP contribution in [0.5, 0.6) is 0 Å². The van der Waals surface area contributed by atoms with Crippen LogP contribution in [0.4, 0.5) is 0 Å². The Morgan fingerprint density at radius 2 is 1.74 bits per heavy atom. The summed E-state index contributed by atoms with van der Waals surface area (Å²) in [6.07, 6.45) is 8.01. The zero-order valence-corrected chi connectivity index (χ0v) is 22.7. The van der Waals surface area contributed by atoms with E-state index >= 15 is 0 Å². The van der Waals surface area contributed by atoms with Gasteiger partial charge in [-0.25, -0.2) is 0 Å². The number of likely N-dealkylation sites (tertiary alicyclic amines) is 1. The van der Waals surface area contributed by atoms with Crippen LogP contribution in [0.15, 0.2) is 53.0 Å². The second-order valence-corrected chi connectivity index (χ2v) is 11.0. The number of benzene rings is 2. The van der Waals surface area contributed by atoms with Gasteiger partial charge < -0.3 is 10.4 Å². The van der Waals surface area contributed by atoms with E-state index in [9.17, 15) is 14.4 Å². The van der Waals surface area contributed by atoms with Gasteiger partial charge in [0, 0.05) is 21.3 Å². The summed E-state index contributed by atoms with van der Waals surface area (Å²) in [5, 5.41) is 18.1. The van der Waals surface area contributed by atoms with Crippen LogP contribution in [-0.4, -0.2) is 70.2 Å². The van der Waals surface area contributed by atoms with Gasteiger partial charge in [-0.1, -0.05) is 40.2 Å². The number of halogens is 1. The molecule has 2 aliphatic rings. The summed E-state index contributed by atoms with van der Waals surface area (Å²) >= 11 is 3.37. The van der Waals surface area contributed by atoms with Crippen molar-refractivity contribution >= 4 is 50.6 Å². The number of Topliss-reactive ketones (excluding diaryl/α,β-unsaturated/α-hetero) is 1. The van der Waals surface area contributed by atoms with Crippen LogP contribution in [0, 0.1) is 5.92 Å². The van der Waals surface area contributed by atoms with E-state index in [1.54, 1.807) is 24.3 Å². The first-order valence-corrected chi connectivity index (χ1v) is 13.9. The molecule has 2 fully saturated rings. The maximum atomic E-state index is 13.5. The number of carboxylic acid groups (broad SMARTS) is 1. The summed E-state index contributed by atoms with van der Waals surface area (Å²) in [7, 11) is 0. The highest BCUT2D eigenvalue weighted by atomic mass is 79.9. The van der Waals surface area contributed by atoms with Crippen molar-refractivity contribution in [1.82, 2.24) is 20.0 Å². The molecular weight excluding hydrogens is 548 g/mol. The van der Waals surface area contributed by atoms with E-state index < -0.39 is 17.7 Å². The predicted octanol–water partition coefficient (Wildman–Crippen LogP) is 4.60. The number of fused-ring (bicyclic) bond motifs is 1. The topological polar surface area (TPSA) is 105 Å². The minimum absolute atomic E-state index is 0.0227. The second kappa shape index (κ2) is 11.7. The predicted molar refractivity (Wildman–Crippen MR) is 150 cm³/mol. The third kappa shape index (κ3) is 5.95. The molecule has 0 bridgehead atoms. The van der Waals surface area contributed by atoms with Crippen molar-refractivity contribution in [2.75, 3.05) is 32.7 Å². The van der Waals surface area contributed by atoms with Gasteiger partial charge in [0.25, 0.3) is 5.78 Å². The van der Waals surface area contributed by atoms with Gasteiger partial charge in [-0.15, -0.1) is 0 Å². The highest BCUT2D eigenvalue weighted by Gasteiger charge is 2.29. The molecule has 198 valence electrons. The Kier molecular flexibility index (Phi) is 8.16. The van der Waals surface area contributed by atoms with Crippen molar-refractivity contribution in [1.29, 1.82) is 0 Å². The van der Waals surface area contributed by atoms with Crippen LogP contribution in [0.2, 0.25) is 0 Å². The Hall–Kier alpha value is -3.14. The molecule has 1 aromatic heterocycles. The van der Waals surface area contributed by atoms with Gasteiger partial charge in [0.2, 0.25) is 0 Å². The van der Waals surface area contributed by atoms with Crippen molar-refractivity contribution in [2.45, 2.75) is 31.6 Å². The smallest absolute Gasteiger partial charge is 0.319 e. The molecule has 2 aromatic carbocycles. The van der Waals surface area contributed by atoms with Crippen LogP contribution in [-0.2, 0) is 4.79 Å². The van der Waals surface area contributed by atoms with Gasteiger partial charge in [-0.2, -0.15) is 9.78 Å². The summed E-state index contributed by atoms with van der Waals surface area (Å²) in [6, 6.07) is 12.7. The summed E-state index contributed by atoms with van der Waals surface area (Å²) in [5.41, 5.74) is 2.69. The average molecular weight is 579 g/mol. The fraction of sp³-hybridized carbons (Fsp3) is 0.379. The van der Waals surface area contributed by atoms with Gasteiger partial charge in [0.1, 0.15) is 0 Å². The number of piperidine rings is 2. The number of aromatic nitrogens is 2. The molecule has 3 aromatic rings. The Balaban J connectivity index is 1.48. The largest absolute Gasteiger partial charge is 0.480 e. The lowest BCUT2D eigenvalue weighted by molar-refractivity contribution is -0.138. The number of ketones is 1. The molecule has 2 saturated heterocycles. The molecule has 9 heteroatoms. The van der Waals surface area contributed by atoms with Crippen molar-refractivity contribution in [2.24, 2.45) is 5.92 Å². The highest BCUT2D eigenvalue weighted by molar-refractivity contribution is 9.10. The van der Waals surface area contributed by atoms with Gasteiger partial charge in [0.05, 0.1) is 17.8 Å². The molecule has 0 amide bonds. The van der Waals surface area contributed by atoms with E-state index in [1.807, 2.05) is 23.1 Å². The molecule has 0 spiro atoms. The zero-order chi connectivity index (χ0) is 26.6. The summed E-state index contributed by atoms with van der Waals surface area (Å²) in [6.45, 7) is 3.35. The molecule has 38 heavy (non-hydrogen) atoms. The number of rotatable bonds is 7. The first kappa shape index (κ1) is 26.5. The van der Waals surface area contributed by atoms with Crippen LogP contribution >= 0.6 is 15.9 Å². The standard InChI is InChI=1S/C29H31BrN4O4/c30-23-6-4-22(5-7-23)28(37)29(38)34-25-17-20(2-1-19-9-13-31-14-10-19)3-8-24(25)27(32-34)21-11-15-33(16-12-21)18-26(35)36/h1-8,17,19,21,31H,9-16,18H2,(H,35,36)/b2-1+. The molecule has 2 aliphatic heterocycles. The van der Waals surface area contributed by atoms with E-state index in [4.69, 9.17) is 10.2 Å². The van der Waals surface area contributed by atoms with Crippen molar-refractivity contribution in [3.05, 3.63) is 69.8 Å². The molecule has 0 aliphatic carbocycles. The van der Waals surface area contributed by atoms with Crippen molar-refractivity contribution in [3.8, 4) is 0 Å². The number of aliphatic carboxylic acids is 1. The SMILES string of the molecule is O=C(O)CN1CCC(c2nn(C(=O)C(=O)c3ccc(Br)cc3)c3cc(/C=C/C4CCNCC4)ccc23)CC1. The molecule has 0 atom stereocenters. The number of carboxylic acids is 1. The molecule has 3 heterocycles. The lowest BCUT2D eigenvalue weighted by Gasteiger charge is -2.30. The number of nitrogens with zero attached hydrogens (tertiary/aromatic N) is 3. The molecule has 0 radical (unpaired) electrons. The van der Waals surface area contributed by atoms with Gasteiger partial charge in [-0.3, -0.25) is 19.3 Å². The number of nitrogens with one attached hydrogen (secondary N) is 1. The third-order valence-electron chi connectivity index (χ3n) is 7.50. The summed E-state index contributed by atoms with van der Waals surface area (Å²) < 4.78 is 2.09. The van der Waals surface area contributed by atoms with E-state index in [-0.39, 0.29) is 12.5 Å². The fourth-order valence-electron chi connectivity index (χ4n) is 5.38. The molecule has 0 saturated carbocycles. The first-order valence-electron chi connectivity index (χ1n) is 13.1. The van der Waals surface area contributed by atoms with Crippen LogP contribution < -0.4 is 5.32 Å². The quantitative estimate of drug-likeness (QED) is 0.312. The van der Waals surface area contributed by atoms with E-state index in [2.05, 4.69) is 33.4 Å². The van der Waals surface area contributed by atoms with E-state index in [0.717, 1.165) is 59.9 Å². The lowest BCUT2D eigenvalue weighted by Crippen LogP contribution is -2.36. The third-order valence-corrected chi connectivity index (χ3v) is 8.03. The summed E-state index contributed by atoms with van der Waals surface area (Å²) in [5.74, 6) is -1.54.